The predicted molar refractivity (Wildman–Crippen MR) is 147 cm³/mol. The number of rotatable bonds is 10. The average Bonchev–Trinajstić information content (AvgIpc) is 3.47. The largest absolute Gasteiger partial charge is 0.382 e. The molecule has 4 aromatic rings. The highest BCUT2D eigenvalue weighted by Gasteiger charge is 2.18. The van der Waals surface area contributed by atoms with Gasteiger partial charge in [0.05, 0.1) is 15.7 Å². The highest BCUT2D eigenvalue weighted by Crippen LogP contribution is 2.33. The van der Waals surface area contributed by atoms with Gasteiger partial charge in [-0.3, -0.25) is 0 Å². The fourth-order valence-electron chi connectivity index (χ4n) is 4.59. The summed E-state index contributed by atoms with van der Waals surface area (Å²) < 4.78 is 3.54. The zero-order valence-electron chi connectivity index (χ0n) is 19.9. The monoisotopic (exact) mass is 494 g/mol. The van der Waals surface area contributed by atoms with E-state index >= 15 is 0 Å². The van der Waals surface area contributed by atoms with E-state index in [1.807, 2.05) is 6.07 Å². The average molecular weight is 495 g/mol. The van der Waals surface area contributed by atoms with Crippen LogP contribution in [0, 0.1) is 0 Å². The number of pyridine rings is 1. The van der Waals surface area contributed by atoms with Crippen LogP contribution < -0.4 is 11.1 Å². The number of aryl methyl sites for hydroxylation is 1. The first-order valence-corrected chi connectivity index (χ1v) is 14.4. The van der Waals surface area contributed by atoms with Crippen molar-refractivity contribution in [1.29, 1.82) is 0 Å². The number of benzene rings is 1. The molecule has 1 aliphatic rings. The fourth-order valence-corrected chi connectivity index (χ4v) is 6.46. The van der Waals surface area contributed by atoms with Gasteiger partial charge in [0.15, 0.2) is 5.82 Å². The molecule has 4 heterocycles. The van der Waals surface area contributed by atoms with Crippen molar-refractivity contribution in [2.45, 2.75) is 39.3 Å². The molecule has 1 aliphatic heterocycles. The minimum Gasteiger partial charge on any atom is -0.382 e. The van der Waals surface area contributed by atoms with Gasteiger partial charge in [0.2, 0.25) is 0 Å². The zero-order valence-corrected chi connectivity index (χ0v) is 21.6. The van der Waals surface area contributed by atoms with Crippen LogP contribution in [-0.4, -0.2) is 57.1 Å². The minimum absolute atomic E-state index is 0.530. The van der Waals surface area contributed by atoms with E-state index in [-0.39, 0.29) is 0 Å². The quantitative estimate of drug-likeness (QED) is 0.310. The number of thioether (sulfide) groups is 1. The van der Waals surface area contributed by atoms with Crippen LogP contribution in [0.4, 0.5) is 5.82 Å². The van der Waals surface area contributed by atoms with E-state index in [2.05, 4.69) is 68.1 Å². The topological polar surface area (TPSA) is 72.0 Å². The number of hydrogen-bond acceptors (Lipinski definition) is 7. The van der Waals surface area contributed by atoms with E-state index < -0.39 is 0 Å². The van der Waals surface area contributed by atoms with E-state index in [0.717, 1.165) is 67.8 Å². The molecular weight excluding hydrogens is 460 g/mol. The Bertz CT molecular complexity index is 1220. The molecule has 180 valence electrons. The number of imidazole rings is 1. The van der Waals surface area contributed by atoms with Crippen molar-refractivity contribution in [3.05, 3.63) is 52.7 Å². The summed E-state index contributed by atoms with van der Waals surface area (Å²) in [7, 11) is 0. The molecule has 1 aromatic carbocycles. The van der Waals surface area contributed by atoms with E-state index in [4.69, 9.17) is 10.7 Å². The Kier molecular flexibility index (Phi) is 7.69. The van der Waals surface area contributed by atoms with Crippen LogP contribution in [0.5, 0.6) is 0 Å². The molecular formula is C26H34N6S2. The van der Waals surface area contributed by atoms with Crippen LogP contribution in [0.25, 0.3) is 21.3 Å². The van der Waals surface area contributed by atoms with Crippen LogP contribution in [0.2, 0.25) is 0 Å². The second-order valence-corrected chi connectivity index (χ2v) is 11.1. The van der Waals surface area contributed by atoms with Crippen LogP contribution in [0.1, 0.15) is 36.7 Å². The van der Waals surface area contributed by atoms with Crippen molar-refractivity contribution in [3.8, 4) is 0 Å². The van der Waals surface area contributed by atoms with Gasteiger partial charge < -0.3 is 20.5 Å². The Labute approximate surface area is 209 Å². The number of anilines is 1. The zero-order chi connectivity index (χ0) is 23.3. The standard InChI is InChI=1S/C26H34N6S2/c1-2-3-4-22-30-23-24(25-21(9-14-34-25)29-26(23)27)32(22)18-20-7-5-19(6-8-20)17-28-10-11-31-12-15-33-16-13-31/h5-9,14,28H,2-4,10-13,15-18H2,1H3,(H2,27,29). The normalized spacial score (nSPS) is 15.0. The highest BCUT2D eigenvalue weighted by molar-refractivity contribution is 7.99. The van der Waals surface area contributed by atoms with Crippen molar-refractivity contribution in [3.63, 3.8) is 0 Å². The third kappa shape index (κ3) is 5.25. The Morgan fingerprint density at radius 2 is 1.85 bits per heavy atom. The molecule has 34 heavy (non-hydrogen) atoms. The number of hydrogen-bond donors (Lipinski definition) is 2. The van der Waals surface area contributed by atoms with Gasteiger partial charge in [-0.25, -0.2) is 9.97 Å². The maximum Gasteiger partial charge on any atom is 0.152 e. The van der Waals surface area contributed by atoms with Gasteiger partial charge in [0.25, 0.3) is 0 Å². The summed E-state index contributed by atoms with van der Waals surface area (Å²) in [6.07, 6.45) is 3.21. The summed E-state index contributed by atoms with van der Waals surface area (Å²) >= 11 is 3.79. The summed E-state index contributed by atoms with van der Waals surface area (Å²) in [6.45, 7) is 8.57. The molecule has 0 radical (unpaired) electrons. The van der Waals surface area contributed by atoms with Crippen LogP contribution >= 0.6 is 23.1 Å². The molecule has 1 fully saturated rings. The first kappa shape index (κ1) is 23.6. The van der Waals surface area contributed by atoms with Gasteiger partial charge in [-0.05, 0) is 29.0 Å². The van der Waals surface area contributed by atoms with Gasteiger partial charge >= 0.3 is 0 Å². The molecule has 0 spiro atoms. The van der Waals surface area contributed by atoms with Crippen molar-refractivity contribution in [2.75, 3.05) is 43.4 Å². The number of fused-ring (bicyclic) bond motifs is 3. The van der Waals surface area contributed by atoms with E-state index in [0.29, 0.717) is 5.82 Å². The number of nitrogens with one attached hydrogen (secondary N) is 1. The van der Waals surface area contributed by atoms with Gasteiger partial charge in [-0.15, -0.1) is 11.3 Å². The maximum atomic E-state index is 6.32. The van der Waals surface area contributed by atoms with Crippen molar-refractivity contribution in [2.24, 2.45) is 0 Å². The van der Waals surface area contributed by atoms with E-state index in [1.165, 1.54) is 40.4 Å². The van der Waals surface area contributed by atoms with Gasteiger partial charge in [0, 0.05) is 57.2 Å². The van der Waals surface area contributed by atoms with Crippen LogP contribution in [0.3, 0.4) is 0 Å². The lowest BCUT2D eigenvalue weighted by molar-refractivity contribution is 0.301. The second-order valence-electron chi connectivity index (χ2n) is 8.99. The van der Waals surface area contributed by atoms with Gasteiger partial charge in [-0.2, -0.15) is 11.8 Å². The molecule has 0 unspecified atom stereocenters. The molecule has 0 bridgehead atoms. The number of nitrogen functional groups attached to an aromatic ring is 1. The van der Waals surface area contributed by atoms with Gasteiger partial charge in [0.1, 0.15) is 11.3 Å². The molecule has 0 aliphatic carbocycles. The first-order valence-electron chi connectivity index (χ1n) is 12.3. The summed E-state index contributed by atoms with van der Waals surface area (Å²) in [5, 5.41) is 5.70. The lowest BCUT2D eigenvalue weighted by Gasteiger charge is -2.26. The van der Waals surface area contributed by atoms with Crippen molar-refractivity contribution in [1.82, 2.24) is 24.8 Å². The smallest absolute Gasteiger partial charge is 0.152 e. The molecule has 0 amide bonds. The highest BCUT2D eigenvalue weighted by atomic mass is 32.2. The number of thiophene rings is 1. The van der Waals surface area contributed by atoms with Crippen LogP contribution in [-0.2, 0) is 19.5 Å². The molecule has 0 atom stereocenters. The Morgan fingerprint density at radius 3 is 2.65 bits per heavy atom. The molecule has 6 nitrogen and oxygen atoms in total. The van der Waals surface area contributed by atoms with Crippen molar-refractivity contribution < 1.29 is 0 Å². The molecule has 5 rings (SSSR count). The Morgan fingerprint density at radius 1 is 1.06 bits per heavy atom. The third-order valence-corrected chi connectivity index (χ3v) is 8.40. The summed E-state index contributed by atoms with van der Waals surface area (Å²) in [5.41, 5.74) is 11.9. The number of nitrogens with two attached hydrogens (primary N) is 1. The van der Waals surface area contributed by atoms with Gasteiger partial charge in [-0.1, -0.05) is 37.6 Å². The van der Waals surface area contributed by atoms with E-state index in [1.54, 1.807) is 11.3 Å². The molecule has 3 N–H and O–H groups in total. The van der Waals surface area contributed by atoms with Crippen LogP contribution in [0.15, 0.2) is 35.7 Å². The first-order chi connectivity index (χ1) is 16.7. The SMILES string of the molecule is CCCCc1nc2c(N)nc3ccsc3c2n1Cc1ccc(CNCCN2CCSCC2)cc1. The number of aromatic nitrogens is 3. The lowest BCUT2D eigenvalue weighted by Crippen LogP contribution is -2.37. The minimum atomic E-state index is 0.530. The maximum absolute atomic E-state index is 6.32. The second kappa shape index (κ2) is 11.1. The molecule has 3 aromatic heterocycles. The summed E-state index contributed by atoms with van der Waals surface area (Å²) in [6, 6.07) is 11.1. The number of nitrogens with zero attached hydrogens (tertiary/aromatic N) is 4. The molecule has 1 saturated heterocycles. The lowest BCUT2D eigenvalue weighted by atomic mass is 10.1. The Hall–Kier alpha value is -2.13. The molecule has 8 heteroatoms. The number of unbranched alkanes of at least 4 members (excludes halogenated alkanes) is 1. The fraction of sp³-hybridized carbons (Fsp3) is 0.462. The summed E-state index contributed by atoms with van der Waals surface area (Å²) in [4.78, 5) is 12.1. The molecule has 0 saturated carbocycles. The van der Waals surface area contributed by atoms with Crippen molar-refractivity contribution >= 4 is 50.2 Å². The van der Waals surface area contributed by atoms with E-state index in [9.17, 15) is 0 Å². The summed E-state index contributed by atoms with van der Waals surface area (Å²) in [5.74, 6) is 4.18. The predicted octanol–water partition coefficient (Wildman–Crippen LogP) is 4.76. The Balaban J connectivity index is 1.30. The third-order valence-electron chi connectivity index (χ3n) is 6.54.